The van der Waals surface area contributed by atoms with Crippen LogP contribution in [0.2, 0.25) is 0 Å². The Balaban J connectivity index is 3.65. The minimum absolute atomic E-state index is 0.633. The van der Waals surface area contributed by atoms with E-state index in [1.807, 2.05) is 0 Å². The van der Waals surface area contributed by atoms with E-state index in [0.29, 0.717) is 0 Å². The SMILES string of the molecule is [2H]c1c([2H])c(C([2H])([2H])CO)c([2H])c([2H])c1F. The maximum Gasteiger partial charge on any atom is 0.123 e. The zero-order valence-electron chi connectivity index (χ0n) is 11.0. The van der Waals surface area contributed by atoms with Gasteiger partial charge in [0.15, 0.2) is 0 Å². The fraction of sp³-hybridized carbons (Fsp3) is 0.250. The van der Waals surface area contributed by atoms with Crippen LogP contribution in [0.5, 0.6) is 0 Å². The highest BCUT2D eigenvalue weighted by molar-refractivity contribution is 5.15. The van der Waals surface area contributed by atoms with Crippen molar-refractivity contribution in [3.05, 3.63) is 35.6 Å². The van der Waals surface area contributed by atoms with Crippen molar-refractivity contribution >= 4 is 0 Å². The third-order valence-electron chi connectivity index (χ3n) is 0.850. The molecule has 0 amide bonds. The van der Waals surface area contributed by atoms with Gasteiger partial charge >= 0.3 is 0 Å². The molecule has 1 N–H and O–H groups in total. The summed E-state index contributed by atoms with van der Waals surface area (Å²) in [6.07, 6.45) is -2.44. The lowest BCUT2D eigenvalue weighted by atomic mass is 10.2. The third kappa shape index (κ3) is 1.81. The standard InChI is InChI=1S/C8H9FO/c9-8-3-1-7(2-4-8)5-6-10/h1-4,10H,5-6H2/i1D,2D,3D,4D,5D2. The van der Waals surface area contributed by atoms with Crippen LogP contribution in [0.3, 0.4) is 0 Å². The van der Waals surface area contributed by atoms with E-state index in [1.54, 1.807) is 0 Å². The molecule has 0 fully saturated rings. The zero-order valence-corrected chi connectivity index (χ0v) is 5.03. The quantitative estimate of drug-likeness (QED) is 0.668. The topological polar surface area (TPSA) is 20.2 Å². The van der Waals surface area contributed by atoms with Gasteiger partial charge in [-0.05, 0) is 24.0 Å². The molecule has 0 aliphatic carbocycles. The molecule has 54 valence electrons. The van der Waals surface area contributed by atoms with Crippen molar-refractivity contribution in [3.63, 3.8) is 0 Å². The van der Waals surface area contributed by atoms with Crippen LogP contribution in [-0.4, -0.2) is 11.7 Å². The molecule has 0 radical (unpaired) electrons. The van der Waals surface area contributed by atoms with E-state index in [2.05, 4.69) is 0 Å². The van der Waals surface area contributed by atoms with Gasteiger partial charge in [0.05, 0.1) is 5.48 Å². The summed E-state index contributed by atoms with van der Waals surface area (Å²) in [5.41, 5.74) is -0.633. The largest absolute Gasteiger partial charge is 0.396 e. The average molecular weight is 146 g/mol. The molecule has 2 heteroatoms. The predicted molar refractivity (Wildman–Crippen MR) is 37.2 cm³/mol. The van der Waals surface area contributed by atoms with Crippen molar-refractivity contribution in [2.75, 3.05) is 6.61 Å². The van der Waals surface area contributed by atoms with Gasteiger partial charge < -0.3 is 5.11 Å². The summed E-state index contributed by atoms with van der Waals surface area (Å²) in [5, 5.41) is 8.79. The predicted octanol–water partition coefficient (Wildman–Crippen LogP) is 1.36. The molecule has 1 rings (SSSR count). The molecule has 0 spiro atoms. The Morgan fingerprint density at radius 1 is 1.50 bits per heavy atom. The number of hydrogen-bond acceptors (Lipinski definition) is 1. The fourth-order valence-electron chi connectivity index (χ4n) is 0.465. The van der Waals surface area contributed by atoms with Crippen LogP contribution in [0.15, 0.2) is 24.2 Å². The minimum atomic E-state index is -2.44. The normalized spacial score (nSPS) is 19.8. The lowest BCUT2D eigenvalue weighted by Gasteiger charge is -1.95. The van der Waals surface area contributed by atoms with Gasteiger partial charge in [0.25, 0.3) is 0 Å². The number of halogens is 1. The highest BCUT2D eigenvalue weighted by Gasteiger charge is 1.90. The Kier molecular flexibility index (Phi) is 0.872. The third-order valence-corrected chi connectivity index (χ3v) is 0.850. The van der Waals surface area contributed by atoms with Crippen LogP contribution in [0.1, 0.15) is 13.8 Å². The maximum atomic E-state index is 13.1. The van der Waals surface area contributed by atoms with Crippen molar-refractivity contribution in [2.45, 2.75) is 6.37 Å². The second-order valence-corrected chi connectivity index (χ2v) is 1.52. The molecule has 1 aromatic carbocycles. The first-order valence-electron chi connectivity index (χ1n) is 5.61. The number of benzene rings is 1. The first-order chi connectivity index (χ1) is 7.24. The second-order valence-electron chi connectivity index (χ2n) is 1.52. The molecule has 10 heavy (non-hydrogen) atoms. The van der Waals surface area contributed by atoms with Crippen molar-refractivity contribution in [3.8, 4) is 0 Å². The fourth-order valence-corrected chi connectivity index (χ4v) is 0.465. The first kappa shape index (κ1) is 2.62. The lowest BCUT2D eigenvalue weighted by molar-refractivity contribution is 0.299. The van der Waals surface area contributed by atoms with Crippen LogP contribution >= 0.6 is 0 Å². The highest BCUT2D eigenvalue weighted by Crippen LogP contribution is 2.02. The molecule has 0 unspecified atom stereocenters. The summed E-state index contributed by atoms with van der Waals surface area (Å²) in [5.74, 6) is -1.33. The Morgan fingerprint density at radius 2 is 2.10 bits per heavy atom. The van der Waals surface area contributed by atoms with Crippen LogP contribution in [0.4, 0.5) is 4.39 Å². The van der Waals surface area contributed by atoms with E-state index in [4.69, 9.17) is 13.3 Å². The Labute approximate surface area is 67.6 Å². The molecular formula is C8H9FO. The first-order valence-corrected chi connectivity index (χ1v) is 2.61. The molecule has 1 aromatic rings. The molecule has 0 aromatic heterocycles. The van der Waals surface area contributed by atoms with Crippen molar-refractivity contribution in [2.24, 2.45) is 0 Å². The van der Waals surface area contributed by atoms with E-state index in [0.717, 1.165) is 0 Å². The molecule has 1 nitrogen and oxygen atoms in total. The van der Waals surface area contributed by atoms with E-state index in [-0.39, 0.29) is 0 Å². The molecule has 0 bridgehead atoms. The summed E-state index contributed by atoms with van der Waals surface area (Å²) < 4.78 is 56.9. The van der Waals surface area contributed by atoms with Crippen LogP contribution < -0.4 is 0 Å². The average Bonchev–Trinajstić information content (AvgIpc) is 2.23. The van der Waals surface area contributed by atoms with Gasteiger partial charge in [0.2, 0.25) is 0 Å². The van der Waals surface area contributed by atoms with E-state index in [9.17, 15) is 4.39 Å². The monoisotopic (exact) mass is 146 g/mol. The number of hydrogen-bond donors (Lipinski definition) is 1. The summed E-state index contributed by atoms with van der Waals surface area (Å²) >= 11 is 0. The van der Waals surface area contributed by atoms with Gasteiger partial charge in [0.1, 0.15) is 5.82 Å². The zero-order chi connectivity index (χ0) is 12.7. The Morgan fingerprint density at radius 3 is 2.60 bits per heavy atom. The van der Waals surface area contributed by atoms with Crippen molar-refractivity contribution in [1.29, 1.82) is 0 Å². The van der Waals surface area contributed by atoms with Gasteiger partial charge in [-0.2, -0.15) is 0 Å². The van der Waals surface area contributed by atoms with Crippen molar-refractivity contribution in [1.82, 2.24) is 0 Å². The van der Waals surface area contributed by atoms with Crippen LogP contribution in [0.25, 0.3) is 0 Å². The number of aliphatic hydroxyl groups is 1. The van der Waals surface area contributed by atoms with Crippen LogP contribution in [-0.2, 0) is 6.37 Å². The van der Waals surface area contributed by atoms with Gasteiger partial charge in [-0.25, -0.2) is 4.39 Å². The summed E-state index contributed by atoms with van der Waals surface area (Å²) in [6, 6.07) is -3.49. The Hall–Kier alpha value is -0.890. The molecule has 0 saturated heterocycles. The van der Waals surface area contributed by atoms with E-state index in [1.165, 1.54) is 0 Å². The summed E-state index contributed by atoms with van der Waals surface area (Å²) in [7, 11) is 0. The second kappa shape index (κ2) is 3.32. The van der Waals surface area contributed by atoms with Gasteiger partial charge in [-0.1, -0.05) is 12.1 Å². The van der Waals surface area contributed by atoms with Gasteiger partial charge in [-0.3, -0.25) is 0 Å². The molecular weight excluding hydrogens is 131 g/mol. The van der Waals surface area contributed by atoms with Gasteiger partial charge in [-0.15, -0.1) is 0 Å². The summed E-state index contributed by atoms with van der Waals surface area (Å²) in [4.78, 5) is 0. The van der Waals surface area contributed by atoms with Crippen molar-refractivity contribution < 1.29 is 17.7 Å². The Bertz CT molecular complexity index is 404. The highest BCUT2D eigenvalue weighted by atomic mass is 19.1. The van der Waals surface area contributed by atoms with E-state index < -0.39 is 48.5 Å². The van der Waals surface area contributed by atoms with Crippen LogP contribution in [0, 0.1) is 5.82 Å². The molecule has 0 aliphatic rings. The number of aliphatic hydroxyl groups excluding tert-OH is 1. The molecule has 0 aliphatic heterocycles. The lowest BCUT2D eigenvalue weighted by Crippen LogP contribution is -1.89. The molecule has 0 atom stereocenters. The smallest absolute Gasteiger partial charge is 0.123 e. The minimum Gasteiger partial charge on any atom is -0.396 e. The molecule has 0 saturated carbocycles. The molecule has 0 heterocycles. The maximum absolute atomic E-state index is 13.1. The van der Waals surface area contributed by atoms with E-state index >= 15 is 0 Å². The number of rotatable bonds is 2. The summed E-state index contributed by atoms with van der Waals surface area (Å²) in [6.45, 7) is -1.00. The van der Waals surface area contributed by atoms with Gasteiger partial charge in [0, 0.05) is 9.35 Å².